The Morgan fingerprint density at radius 3 is 2.43 bits per heavy atom. The van der Waals surface area contributed by atoms with Crippen molar-refractivity contribution < 1.29 is 23.8 Å². The van der Waals surface area contributed by atoms with E-state index in [1.54, 1.807) is 55.6 Å². The van der Waals surface area contributed by atoms with Crippen LogP contribution in [0.4, 0.5) is 5.69 Å². The van der Waals surface area contributed by atoms with E-state index in [1.165, 1.54) is 6.92 Å². The highest BCUT2D eigenvalue weighted by atomic mass is 16.5. The molecule has 0 aliphatic carbocycles. The number of carbonyl (C=O) groups is 2. The van der Waals surface area contributed by atoms with Crippen molar-refractivity contribution in [2.24, 2.45) is 0 Å². The Morgan fingerprint density at radius 1 is 0.964 bits per heavy atom. The molecule has 0 radical (unpaired) electrons. The minimum atomic E-state index is -0.269. The fraction of sp³-hybridized carbons (Fsp3) is 0.238. The Morgan fingerprint density at radius 2 is 1.71 bits per heavy atom. The van der Waals surface area contributed by atoms with Crippen molar-refractivity contribution in [1.82, 2.24) is 5.32 Å². The van der Waals surface area contributed by atoms with Crippen LogP contribution in [0.3, 0.4) is 0 Å². The Hall–Kier alpha value is -3.66. The van der Waals surface area contributed by atoms with Gasteiger partial charge in [-0.05, 0) is 36.4 Å². The lowest BCUT2D eigenvalue weighted by atomic mass is 10.3. The minimum absolute atomic E-state index is 0.0968. The van der Waals surface area contributed by atoms with Crippen LogP contribution < -0.4 is 24.8 Å². The molecule has 0 atom stereocenters. The molecular weight excluding hydrogens is 360 g/mol. The van der Waals surface area contributed by atoms with Crippen LogP contribution in [-0.2, 0) is 9.59 Å². The minimum Gasteiger partial charge on any atom is -0.497 e. The zero-order valence-electron chi connectivity index (χ0n) is 15.8. The number of benzene rings is 2. The largest absolute Gasteiger partial charge is 0.497 e. The number of hydrogen-bond acceptors (Lipinski definition) is 5. The first kappa shape index (κ1) is 20.6. The van der Waals surface area contributed by atoms with Gasteiger partial charge in [-0.15, -0.1) is 0 Å². The fourth-order valence-electron chi connectivity index (χ4n) is 2.11. The first-order chi connectivity index (χ1) is 13.6. The van der Waals surface area contributed by atoms with Crippen molar-refractivity contribution in [3.05, 3.63) is 48.5 Å². The van der Waals surface area contributed by atoms with Gasteiger partial charge in [0.25, 0.3) is 5.91 Å². The second-order valence-electron chi connectivity index (χ2n) is 5.59. The average molecular weight is 382 g/mol. The Kier molecular flexibility index (Phi) is 8.21. The third-order valence-corrected chi connectivity index (χ3v) is 3.39. The van der Waals surface area contributed by atoms with E-state index in [0.717, 1.165) is 5.75 Å². The molecule has 0 aromatic heterocycles. The predicted octanol–water partition coefficient (Wildman–Crippen LogP) is 2.23. The van der Waals surface area contributed by atoms with Crippen LogP contribution in [0.5, 0.6) is 17.2 Å². The quantitative estimate of drug-likeness (QED) is 0.684. The summed E-state index contributed by atoms with van der Waals surface area (Å²) >= 11 is 0. The SMILES string of the molecule is COc1ccc(OCC(=O)NCC#CCOc2cccc(NC(C)=O)c2)cc1. The van der Waals surface area contributed by atoms with E-state index in [2.05, 4.69) is 22.5 Å². The van der Waals surface area contributed by atoms with Crippen LogP contribution in [-0.4, -0.2) is 38.7 Å². The van der Waals surface area contributed by atoms with Crippen molar-refractivity contribution in [2.75, 3.05) is 32.2 Å². The molecule has 2 amide bonds. The van der Waals surface area contributed by atoms with Gasteiger partial charge in [0.05, 0.1) is 13.7 Å². The van der Waals surface area contributed by atoms with Crippen molar-refractivity contribution in [2.45, 2.75) is 6.92 Å². The van der Waals surface area contributed by atoms with Gasteiger partial charge in [-0.1, -0.05) is 17.9 Å². The second-order valence-corrected chi connectivity index (χ2v) is 5.59. The first-order valence-electron chi connectivity index (χ1n) is 8.56. The number of carbonyl (C=O) groups excluding carboxylic acids is 2. The number of hydrogen-bond donors (Lipinski definition) is 2. The number of anilines is 1. The molecule has 0 heterocycles. The van der Waals surface area contributed by atoms with Crippen molar-refractivity contribution in [1.29, 1.82) is 0 Å². The molecule has 2 aromatic rings. The molecule has 0 aliphatic heterocycles. The molecule has 2 rings (SSSR count). The summed E-state index contributed by atoms with van der Waals surface area (Å²) in [6.45, 7) is 1.71. The van der Waals surface area contributed by atoms with Crippen LogP contribution in [0.15, 0.2) is 48.5 Å². The molecule has 2 aromatic carbocycles. The summed E-state index contributed by atoms with van der Waals surface area (Å²) in [7, 11) is 1.58. The van der Waals surface area contributed by atoms with E-state index >= 15 is 0 Å². The highest BCUT2D eigenvalue weighted by molar-refractivity contribution is 5.88. The molecule has 0 saturated heterocycles. The van der Waals surface area contributed by atoms with E-state index in [-0.39, 0.29) is 31.6 Å². The second kappa shape index (κ2) is 11.1. The van der Waals surface area contributed by atoms with E-state index in [9.17, 15) is 9.59 Å². The van der Waals surface area contributed by atoms with Gasteiger partial charge in [0.15, 0.2) is 6.61 Å². The van der Waals surface area contributed by atoms with Gasteiger partial charge in [0.1, 0.15) is 23.9 Å². The van der Waals surface area contributed by atoms with Gasteiger partial charge in [-0.25, -0.2) is 0 Å². The lowest BCUT2D eigenvalue weighted by Crippen LogP contribution is -2.29. The maximum Gasteiger partial charge on any atom is 0.258 e. The highest BCUT2D eigenvalue weighted by Crippen LogP contribution is 2.17. The lowest BCUT2D eigenvalue weighted by Gasteiger charge is -2.06. The molecular formula is C21H22N2O5. The smallest absolute Gasteiger partial charge is 0.258 e. The maximum absolute atomic E-state index is 11.7. The predicted molar refractivity (Wildman–Crippen MR) is 106 cm³/mol. The third-order valence-electron chi connectivity index (χ3n) is 3.39. The molecule has 146 valence electrons. The van der Waals surface area contributed by atoms with Crippen LogP contribution in [0.25, 0.3) is 0 Å². The summed E-state index contributed by atoms with van der Waals surface area (Å²) in [6, 6.07) is 14.0. The van der Waals surface area contributed by atoms with Gasteiger partial charge in [0, 0.05) is 18.7 Å². The van der Waals surface area contributed by atoms with E-state index in [4.69, 9.17) is 14.2 Å². The van der Waals surface area contributed by atoms with Crippen molar-refractivity contribution in [3.63, 3.8) is 0 Å². The number of rotatable bonds is 8. The van der Waals surface area contributed by atoms with E-state index in [1.807, 2.05) is 0 Å². The molecule has 7 nitrogen and oxygen atoms in total. The normalized spacial score (nSPS) is 9.50. The lowest BCUT2D eigenvalue weighted by molar-refractivity contribution is -0.122. The monoisotopic (exact) mass is 382 g/mol. The first-order valence-corrected chi connectivity index (χ1v) is 8.56. The number of nitrogens with one attached hydrogen (secondary N) is 2. The Bertz CT molecular complexity index is 853. The third kappa shape index (κ3) is 7.70. The van der Waals surface area contributed by atoms with Crippen LogP contribution >= 0.6 is 0 Å². The van der Waals surface area contributed by atoms with Gasteiger partial charge >= 0.3 is 0 Å². The van der Waals surface area contributed by atoms with Crippen LogP contribution in [0.1, 0.15) is 6.92 Å². The zero-order chi connectivity index (χ0) is 20.2. The van der Waals surface area contributed by atoms with E-state index in [0.29, 0.717) is 17.2 Å². The van der Waals surface area contributed by atoms with Crippen molar-refractivity contribution in [3.8, 4) is 29.1 Å². The number of ether oxygens (including phenoxy) is 3. The molecule has 28 heavy (non-hydrogen) atoms. The molecule has 2 N–H and O–H groups in total. The molecule has 7 heteroatoms. The zero-order valence-corrected chi connectivity index (χ0v) is 15.8. The number of methoxy groups -OCH3 is 1. The van der Waals surface area contributed by atoms with E-state index < -0.39 is 0 Å². The molecule has 0 bridgehead atoms. The average Bonchev–Trinajstić information content (AvgIpc) is 2.69. The fourth-order valence-corrected chi connectivity index (χ4v) is 2.11. The molecule has 0 spiro atoms. The molecule has 0 fully saturated rings. The van der Waals surface area contributed by atoms with Gasteiger partial charge in [-0.3, -0.25) is 9.59 Å². The summed E-state index contributed by atoms with van der Waals surface area (Å²) < 4.78 is 15.9. The summed E-state index contributed by atoms with van der Waals surface area (Å²) in [6.07, 6.45) is 0. The van der Waals surface area contributed by atoms with Gasteiger partial charge < -0.3 is 24.8 Å². The van der Waals surface area contributed by atoms with Gasteiger partial charge in [-0.2, -0.15) is 0 Å². The summed E-state index contributed by atoms with van der Waals surface area (Å²) in [5.74, 6) is 7.08. The topological polar surface area (TPSA) is 85.9 Å². The molecule has 0 unspecified atom stereocenters. The van der Waals surface area contributed by atoms with Crippen molar-refractivity contribution >= 4 is 17.5 Å². The highest BCUT2D eigenvalue weighted by Gasteiger charge is 2.01. The standard InChI is InChI=1S/C21H22N2O5/c1-16(24)23-17-6-5-7-20(14-17)27-13-4-3-12-22-21(25)15-28-19-10-8-18(26-2)9-11-19/h5-11,14H,12-13,15H2,1-2H3,(H,22,25)(H,23,24). The molecule has 0 saturated carbocycles. The van der Waals surface area contributed by atoms with Gasteiger partial charge in [0.2, 0.25) is 5.91 Å². The summed E-state index contributed by atoms with van der Waals surface area (Å²) in [5, 5.41) is 5.32. The Labute approximate surface area is 164 Å². The van der Waals surface area contributed by atoms with Crippen LogP contribution in [0, 0.1) is 11.8 Å². The maximum atomic E-state index is 11.7. The summed E-state index contributed by atoms with van der Waals surface area (Å²) in [5.41, 5.74) is 0.655. The number of amides is 2. The Balaban J connectivity index is 1.64. The van der Waals surface area contributed by atoms with Crippen LogP contribution in [0.2, 0.25) is 0 Å². The summed E-state index contributed by atoms with van der Waals surface area (Å²) in [4.78, 5) is 22.8. The molecule has 0 aliphatic rings.